The highest BCUT2D eigenvalue weighted by atomic mass is 32.2. The second-order valence-electron chi connectivity index (χ2n) is 9.72. The Bertz CT molecular complexity index is 1220. The van der Waals surface area contributed by atoms with E-state index in [0.717, 1.165) is 54.7 Å². The first-order chi connectivity index (χ1) is 16.7. The van der Waals surface area contributed by atoms with Crippen molar-refractivity contribution in [1.82, 2.24) is 4.90 Å². The summed E-state index contributed by atoms with van der Waals surface area (Å²) in [6.45, 7) is 8.13. The van der Waals surface area contributed by atoms with Gasteiger partial charge < -0.3 is 9.80 Å². The van der Waals surface area contributed by atoms with E-state index in [1.165, 1.54) is 0 Å². The number of hydrogen-bond acceptors (Lipinski definition) is 4. The summed E-state index contributed by atoms with van der Waals surface area (Å²) >= 11 is 0. The predicted octanol–water partition coefficient (Wildman–Crippen LogP) is 4.29. The molecule has 1 N–H and O–H groups in total. The van der Waals surface area contributed by atoms with E-state index in [0.29, 0.717) is 24.6 Å². The van der Waals surface area contributed by atoms with Gasteiger partial charge in [-0.05, 0) is 73.4 Å². The minimum Gasteiger partial charge on any atom is -0.343 e. The highest BCUT2D eigenvalue weighted by Crippen LogP contribution is 2.32. The van der Waals surface area contributed by atoms with E-state index in [2.05, 4.69) is 11.6 Å². The molecule has 7 nitrogen and oxygen atoms in total. The standard InChI is InChI=1S/C27H35N3O4S/c1-4-21-7-5-6-20(3)27(21)28-35(33,34)23-8-9-24-22(18-23)14-17-30(24)26(32)11-10-25(31)29-15-12-19(2)13-16-29/h5-9,18-19,28H,4,10-17H2,1-3H3. The third-order valence-corrected chi connectivity index (χ3v) is 8.57. The van der Waals surface area contributed by atoms with Crippen molar-refractivity contribution in [2.75, 3.05) is 29.3 Å². The van der Waals surface area contributed by atoms with Crippen LogP contribution in [0.2, 0.25) is 0 Å². The van der Waals surface area contributed by atoms with Gasteiger partial charge in [0.2, 0.25) is 11.8 Å². The van der Waals surface area contributed by atoms with Gasteiger partial charge in [-0.15, -0.1) is 0 Å². The van der Waals surface area contributed by atoms with Crippen molar-refractivity contribution in [2.24, 2.45) is 5.92 Å². The molecule has 2 heterocycles. The first-order valence-corrected chi connectivity index (χ1v) is 14.0. The van der Waals surface area contributed by atoms with E-state index >= 15 is 0 Å². The molecular weight excluding hydrogens is 462 g/mol. The maximum Gasteiger partial charge on any atom is 0.261 e. The molecule has 188 valence electrons. The number of benzene rings is 2. The third kappa shape index (κ3) is 5.53. The Labute approximate surface area is 208 Å². The number of fused-ring (bicyclic) bond motifs is 1. The number of sulfonamides is 1. The number of rotatable bonds is 7. The fourth-order valence-electron chi connectivity index (χ4n) is 4.93. The minimum atomic E-state index is -3.77. The lowest BCUT2D eigenvalue weighted by atomic mass is 9.99. The number of amides is 2. The molecule has 4 rings (SSSR count). The van der Waals surface area contributed by atoms with Crippen molar-refractivity contribution in [1.29, 1.82) is 0 Å². The van der Waals surface area contributed by atoms with Crippen molar-refractivity contribution in [2.45, 2.75) is 64.2 Å². The lowest BCUT2D eigenvalue weighted by Gasteiger charge is -2.30. The zero-order valence-corrected chi connectivity index (χ0v) is 21.7. The molecule has 0 aliphatic carbocycles. The van der Waals surface area contributed by atoms with Crippen molar-refractivity contribution < 1.29 is 18.0 Å². The van der Waals surface area contributed by atoms with Crippen LogP contribution in [0.4, 0.5) is 11.4 Å². The Morgan fingerprint density at radius 3 is 2.46 bits per heavy atom. The summed E-state index contributed by atoms with van der Waals surface area (Å²) in [5, 5.41) is 0. The number of carbonyl (C=O) groups excluding carboxylic acids is 2. The van der Waals surface area contributed by atoms with Gasteiger partial charge in [-0.25, -0.2) is 8.42 Å². The predicted molar refractivity (Wildman–Crippen MR) is 138 cm³/mol. The molecule has 1 saturated heterocycles. The van der Waals surface area contributed by atoms with Crippen molar-refractivity contribution in [3.63, 3.8) is 0 Å². The number of hydrogen-bond donors (Lipinski definition) is 1. The Morgan fingerprint density at radius 1 is 1.03 bits per heavy atom. The Balaban J connectivity index is 1.43. The van der Waals surface area contributed by atoms with Gasteiger partial charge in [0.1, 0.15) is 0 Å². The Kier molecular flexibility index (Phi) is 7.50. The number of piperidine rings is 1. The number of aryl methyl sites for hydroxylation is 2. The number of para-hydroxylation sites is 1. The number of anilines is 2. The number of likely N-dealkylation sites (tertiary alicyclic amines) is 1. The van der Waals surface area contributed by atoms with Crippen molar-refractivity contribution in [3.8, 4) is 0 Å². The van der Waals surface area contributed by atoms with Gasteiger partial charge in [-0.1, -0.05) is 32.0 Å². The van der Waals surface area contributed by atoms with Gasteiger partial charge in [-0.2, -0.15) is 0 Å². The molecule has 2 aliphatic rings. The highest BCUT2D eigenvalue weighted by molar-refractivity contribution is 7.92. The van der Waals surface area contributed by atoms with Crippen LogP contribution in [0.1, 0.15) is 56.2 Å². The van der Waals surface area contributed by atoms with Crippen LogP contribution in [0.3, 0.4) is 0 Å². The summed E-state index contributed by atoms with van der Waals surface area (Å²) in [5.74, 6) is 0.597. The van der Waals surface area contributed by atoms with Crippen molar-refractivity contribution >= 4 is 33.2 Å². The second kappa shape index (κ2) is 10.4. The molecular formula is C27H35N3O4S. The zero-order chi connectivity index (χ0) is 25.2. The average molecular weight is 498 g/mol. The van der Waals surface area contributed by atoms with Gasteiger partial charge in [0.05, 0.1) is 10.6 Å². The van der Waals surface area contributed by atoms with E-state index in [9.17, 15) is 18.0 Å². The quantitative estimate of drug-likeness (QED) is 0.618. The molecule has 0 atom stereocenters. The van der Waals surface area contributed by atoms with Crippen LogP contribution in [-0.2, 0) is 32.5 Å². The smallest absolute Gasteiger partial charge is 0.261 e. The summed E-state index contributed by atoms with van der Waals surface area (Å²) in [6.07, 6.45) is 3.73. The van der Waals surface area contributed by atoms with Gasteiger partial charge in [0.25, 0.3) is 10.0 Å². The van der Waals surface area contributed by atoms with Crippen molar-refractivity contribution in [3.05, 3.63) is 53.1 Å². The van der Waals surface area contributed by atoms with Crippen LogP contribution < -0.4 is 9.62 Å². The topological polar surface area (TPSA) is 86.8 Å². The van der Waals surface area contributed by atoms with E-state index in [4.69, 9.17) is 0 Å². The van der Waals surface area contributed by atoms with Crippen LogP contribution in [0.25, 0.3) is 0 Å². The molecule has 0 bridgehead atoms. The molecule has 2 amide bonds. The van der Waals surface area contributed by atoms with Gasteiger partial charge >= 0.3 is 0 Å². The lowest BCUT2D eigenvalue weighted by Crippen LogP contribution is -2.38. The maximum atomic E-state index is 13.2. The Morgan fingerprint density at radius 2 is 1.74 bits per heavy atom. The van der Waals surface area contributed by atoms with Gasteiger partial charge in [0, 0.05) is 38.2 Å². The van der Waals surface area contributed by atoms with Crippen LogP contribution >= 0.6 is 0 Å². The molecule has 35 heavy (non-hydrogen) atoms. The minimum absolute atomic E-state index is 0.0415. The molecule has 0 aromatic heterocycles. The van der Waals surface area contributed by atoms with Gasteiger partial charge in [0.15, 0.2) is 0 Å². The number of nitrogens with one attached hydrogen (secondary N) is 1. The van der Waals surface area contributed by atoms with E-state index < -0.39 is 10.0 Å². The Hall–Kier alpha value is -2.87. The molecule has 2 aromatic rings. The fourth-order valence-corrected chi connectivity index (χ4v) is 6.16. The fraction of sp³-hybridized carbons (Fsp3) is 0.481. The largest absolute Gasteiger partial charge is 0.343 e. The first kappa shape index (κ1) is 25.2. The molecule has 1 fully saturated rings. The summed E-state index contributed by atoms with van der Waals surface area (Å²) in [6, 6.07) is 10.7. The first-order valence-electron chi connectivity index (χ1n) is 12.5. The maximum absolute atomic E-state index is 13.2. The summed E-state index contributed by atoms with van der Waals surface area (Å²) in [5.41, 5.74) is 4.01. The SMILES string of the molecule is CCc1cccc(C)c1NS(=O)(=O)c1ccc2c(c1)CCN2C(=O)CCC(=O)N1CCC(C)CC1. The molecule has 0 saturated carbocycles. The third-order valence-electron chi connectivity index (χ3n) is 7.22. The second-order valence-corrected chi connectivity index (χ2v) is 11.4. The lowest BCUT2D eigenvalue weighted by molar-refractivity contribution is -0.134. The summed E-state index contributed by atoms with van der Waals surface area (Å²) in [7, 11) is -3.77. The monoisotopic (exact) mass is 497 g/mol. The number of carbonyl (C=O) groups is 2. The zero-order valence-electron chi connectivity index (χ0n) is 20.8. The molecule has 2 aromatic carbocycles. The summed E-state index contributed by atoms with van der Waals surface area (Å²) < 4.78 is 29.1. The highest BCUT2D eigenvalue weighted by Gasteiger charge is 2.28. The molecule has 0 spiro atoms. The molecule has 0 radical (unpaired) electrons. The van der Waals surface area contributed by atoms with E-state index in [-0.39, 0.29) is 29.6 Å². The normalized spacial score (nSPS) is 16.3. The van der Waals surface area contributed by atoms with Crippen LogP contribution in [0, 0.1) is 12.8 Å². The molecule has 2 aliphatic heterocycles. The van der Waals surface area contributed by atoms with Gasteiger partial charge in [-0.3, -0.25) is 14.3 Å². The van der Waals surface area contributed by atoms with E-state index in [1.54, 1.807) is 23.1 Å². The molecule has 8 heteroatoms. The van der Waals surface area contributed by atoms with Crippen LogP contribution in [0.15, 0.2) is 41.3 Å². The average Bonchev–Trinajstić information content (AvgIpc) is 3.27. The molecule has 0 unspecified atom stereocenters. The number of nitrogens with zero attached hydrogens (tertiary/aromatic N) is 2. The van der Waals surface area contributed by atoms with E-state index in [1.807, 2.05) is 36.9 Å². The summed E-state index contributed by atoms with van der Waals surface area (Å²) in [4.78, 5) is 29.2. The van der Waals surface area contributed by atoms with Crippen LogP contribution in [0.5, 0.6) is 0 Å². The van der Waals surface area contributed by atoms with Crippen LogP contribution in [-0.4, -0.2) is 44.8 Å².